The van der Waals surface area contributed by atoms with Crippen molar-refractivity contribution in [3.8, 4) is 0 Å². The van der Waals surface area contributed by atoms with Crippen molar-refractivity contribution in [2.45, 2.75) is 0 Å². The second kappa shape index (κ2) is 4.30. The van der Waals surface area contributed by atoms with Crippen LogP contribution >= 0.6 is 23.2 Å². The molecular weight excluding hydrogens is 199 g/mol. The van der Waals surface area contributed by atoms with Gasteiger partial charge in [-0.25, -0.2) is 0 Å². The van der Waals surface area contributed by atoms with Crippen LogP contribution in [-0.2, 0) is 0 Å². The standard InChI is InChI=1S/C7H6Cl2N2O/c8-6-2-1-3-7(9)5(6)4-10-11-12/h1-4,11-12H. The molecule has 0 atom stereocenters. The fourth-order valence-corrected chi connectivity index (χ4v) is 1.22. The Morgan fingerprint density at radius 2 is 1.92 bits per heavy atom. The van der Waals surface area contributed by atoms with E-state index < -0.39 is 0 Å². The van der Waals surface area contributed by atoms with Crippen molar-refractivity contribution in [1.82, 2.24) is 5.59 Å². The maximum Gasteiger partial charge on any atom is 0.0595 e. The molecule has 0 aliphatic carbocycles. The summed E-state index contributed by atoms with van der Waals surface area (Å²) < 4.78 is 0. The predicted octanol–water partition coefficient (Wildman–Crippen LogP) is 2.31. The van der Waals surface area contributed by atoms with Gasteiger partial charge in [0.2, 0.25) is 0 Å². The fraction of sp³-hybridized carbons (Fsp3) is 0. The highest BCUT2D eigenvalue weighted by Gasteiger charge is 2.00. The first kappa shape index (κ1) is 9.32. The number of nitrogens with one attached hydrogen (secondary N) is 1. The number of rotatable bonds is 2. The van der Waals surface area contributed by atoms with Gasteiger partial charge in [-0.1, -0.05) is 29.3 Å². The van der Waals surface area contributed by atoms with Gasteiger partial charge in [0.15, 0.2) is 0 Å². The zero-order valence-electron chi connectivity index (χ0n) is 5.96. The van der Waals surface area contributed by atoms with Crippen LogP contribution in [0.25, 0.3) is 0 Å². The highest BCUT2D eigenvalue weighted by molar-refractivity contribution is 6.38. The van der Waals surface area contributed by atoms with E-state index in [0.717, 1.165) is 0 Å². The molecule has 5 heteroatoms. The van der Waals surface area contributed by atoms with Crippen LogP contribution in [0.15, 0.2) is 23.3 Å². The van der Waals surface area contributed by atoms with Crippen molar-refractivity contribution in [2.75, 3.05) is 0 Å². The Kier molecular flexibility index (Phi) is 3.34. The zero-order valence-corrected chi connectivity index (χ0v) is 7.47. The molecule has 0 aliphatic rings. The van der Waals surface area contributed by atoms with Crippen LogP contribution in [0.2, 0.25) is 10.0 Å². The van der Waals surface area contributed by atoms with Gasteiger partial charge in [-0.2, -0.15) is 10.7 Å². The number of nitrogens with zero attached hydrogens (tertiary/aromatic N) is 1. The van der Waals surface area contributed by atoms with Gasteiger partial charge >= 0.3 is 0 Å². The fourth-order valence-electron chi connectivity index (χ4n) is 0.727. The molecule has 0 spiro atoms. The molecule has 0 unspecified atom stereocenters. The monoisotopic (exact) mass is 204 g/mol. The van der Waals surface area contributed by atoms with Crippen LogP contribution in [0.1, 0.15) is 5.56 Å². The molecule has 0 amide bonds. The number of benzene rings is 1. The summed E-state index contributed by atoms with van der Waals surface area (Å²) in [5.74, 6) is 0. The maximum atomic E-state index is 8.18. The van der Waals surface area contributed by atoms with Crippen LogP contribution < -0.4 is 5.59 Å². The topological polar surface area (TPSA) is 44.6 Å². The highest BCUT2D eigenvalue weighted by atomic mass is 35.5. The molecular formula is C7H6Cl2N2O. The molecule has 1 aromatic carbocycles. The van der Waals surface area contributed by atoms with Crippen LogP contribution in [0, 0.1) is 0 Å². The van der Waals surface area contributed by atoms with Gasteiger partial charge < -0.3 is 0 Å². The minimum absolute atomic E-state index is 0.488. The summed E-state index contributed by atoms with van der Waals surface area (Å²) in [7, 11) is 0. The molecule has 0 fully saturated rings. The Balaban J connectivity index is 3.04. The molecule has 0 heterocycles. The molecule has 0 bridgehead atoms. The first-order valence-electron chi connectivity index (χ1n) is 3.12. The van der Waals surface area contributed by atoms with Crippen molar-refractivity contribution in [1.29, 1.82) is 0 Å². The summed E-state index contributed by atoms with van der Waals surface area (Å²) in [6, 6.07) is 5.10. The summed E-state index contributed by atoms with van der Waals surface area (Å²) in [6.07, 6.45) is 1.34. The van der Waals surface area contributed by atoms with Crippen LogP contribution in [0.4, 0.5) is 0 Å². The second-order valence-electron chi connectivity index (χ2n) is 1.99. The molecule has 1 aromatic rings. The number of halogens is 2. The molecule has 64 valence electrons. The Morgan fingerprint density at radius 1 is 1.33 bits per heavy atom. The first-order valence-corrected chi connectivity index (χ1v) is 3.87. The second-order valence-corrected chi connectivity index (χ2v) is 2.81. The van der Waals surface area contributed by atoms with Crippen molar-refractivity contribution in [3.63, 3.8) is 0 Å². The lowest BCUT2D eigenvalue weighted by molar-refractivity contribution is 0.173. The minimum atomic E-state index is 0.488. The number of hydrogen-bond acceptors (Lipinski definition) is 3. The van der Waals surface area contributed by atoms with Gasteiger partial charge in [-0.05, 0) is 12.1 Å². The van der Waals surface area contributed by atoms with E-state index in [4.69, 9.17) is 28.4 Å². The normalized spacial score (nSPS) is 10.6. The smallest absolute Gasteiger partial charge is 0.0595 e. The molecule has 0 saturated carbocycles. The minimum Gasteiger partial charge on any atom is -0.274 e. The SMILES string of the molecule is ONN=Cc1c(Cl)cccc1Cl. The van der Waals surface area contributed by atoms with Crippen LogP contribution in [0.5, 0.6) is 0 Å². The van der Waals surface area contributed by atoms with Gasteiger partial charge in [0, 0.05) is 5.56 Å². The summed E-state index contributed by atoms with van der Waals surface area (Å²) in [4.78, 5) is 0. The molecule has 0 saturated heterocycles. The zero-order chi connectivity index (χ0) is 8.97. The van der Waals surface area contributed by atoms with E-state index in [1.165, 1.54) is 6.21 Å². The van der Waals surface area contributed by atoms with E-state index in [2.05, 4.69) is 5.10 Å². The summed E-state index contributed by atoms with van der Waals surface area (Å²) in [5.41, 5.74) is 2.19. The van der Waals surface area contributed by atoms with Crippen molar-refractivity contribution < 1.29 is 5.21 Å². The van der Waals surface area contributed by atoms with E-state index >= 15 is 0 Å². The Bertz CT molecular complexity index is 281. The van der Waals surface area contributed by atoms with E-state index in [1.807, 2.05) is 0 Å². The number of hydrogen-bond donors (Lipinski definition) is 2. The van der Waals surface area contributed by atoms with E-state index in [1.54, 1.807) is 23.8 Å². The Morgan fingerprint density at radius 3 is 2.42 bits per heavy atom. The average molecular weight is 205 g/mol. The van der Waals surface area contributed by atoms with E-state index in [0.29, 0.717) is 15.6 Å². The average Bonchev–Trinajstić information content (AvgIpc) is 2.04. The van der Waals surface area contributed by atoms with Crippen molar-refractivity contribution in [3.05, 3.63) is 33.8 Å². The lowest BCUT2D eigenvalue weighted by Gasteiger charge is -1.98. The molecule has 1 rings (SSSR count). The lowest BCUT2D eigenvalue weighted by Crippen LogP contribution is -1.96. The quantitative estimate of drug-likeness (QED) is 0.574. The lowest BCUT2D eigenvalue weighted by atomic mass is 10.2. The van der Waals surface area contributed by atoms with Crippen LogP contribution in [0.3, 0.4) is 0 Å². The molecule has 3 nitrogen and oxygen atoms in total. The third-order valence-electron chi connectivity index (χ3n) is 1.25. The largest absolute Gasteiger partial charge is 0.274 e. The van der Waals surface area contributed by atoms with Gasteiger partial charge in [0.25, 0.3) is 0 Å². The highest BCUT2D eigenvalue weighted by Crippen LogP contribution is 2.21. The molecule has 0 aromatic heterocycles. The summed E-state index contributed by atoms with van der Waals surface area (Å²) in [6.45, 7) is 0. The van der Waals surface area contributed by atoms with Gasteiger partial charge in [-0.15, -0.1) is 0 Å². The molecule has 2 N–H and O–H groups in total. The third-order valence-corrected chi connectivity index (χ3v) is 1.91. The van der Waals surface area contributed by atoms with Crippen molar-refractivity contribution in [2.24, 2.45) is 5.10 Å². The first-order chi connectivity index (χ1) is 5.75. The summed E-state index contributed by atoms with van der Waals surface area (Å²) in [5, 5.41) is 12.5. The maximum absolute atomic E-state index is 8.18. The molecule has 0 aliphatic heterocycles. The van der Waals surface area contributed by atoms with Crippen LogP contribution in [-0.4, -0.2) is 11.4 Å². The number of hydrazone groups is 1. The van der Waals surface area contributed by atoms with Gasteiger partial charge in [-0.3, -0.25) is 5.21 Å². The molecule has 0 radical (unpaired) electrons. The van der Waals surface area contributed by atoms with E-state index in [9.17, 15) is 0 Å². The summed E-state index contributed by atoms with van der Waals surface area (Å²) >= 11 is 11.6. The van der Waals surface area contributed by atoms with Crippen molar-refractivity contribution >= 4 is 29.4 Å². The van der Waals surface area contributed by atoms with E-state index in [-0.39, 0.29) is 0 Å². The predicted molar refractivity (Wildman–Crippen MR) is 49.0 cm³/mol. The van der Waals surface area contributed by atoms with Gasteiger partial charge in [0.05, 0.1) is 16.3 Å². The van der Waals surface area contributed by atoms with Gasteiger partial charge in [0.1, 0.15) is 0 Å². The third kappa shape index (κ3) is 2.11. The Labute approximate surface area is 79.6 Å². The molecule has 12 heavy (non-hydrogen) atoms. The Hall–Kier alpha value is -0.770.